The topological polar surface area (TPSA) is 156 Å². The molecule has 0 bridgehead atoms. The number of ketones is 1. The first-order valence-electron chi connectivity index (χ1n) is 17.2. The van der Waals surface area contributed by atoms with Crippen LogP contribution >= 0.6 is 0 Å². The highest BCUT2D eigenvalue weighted by Gasteiger charge is 2.71. The average molecular weight is 704 g/mol. The molecular weight excluding hydrogens is 646 g/mol. The van der Waals surface area contributed by atoms with Crippen LogP contribution < -0.4 is 5.32 Å². The number of methoxy groups -OCH3 is 2. The van der Waals surface area contributed by atoms with Crippen LogP contribution in [0.25, 0.3) is 0 Å². The van der Waals surface area contributed by atoms with Crippen molar-refractivity contribution in [3.05, 3.63) is 47.0 Å². The number of ether oxygens (including phenoxy) is 6. The standard InChI is InChI=1S/C32H44O9.C6H13NO2/c1-19-20(2)28(38-7)29(35)31(5)24(32(41-21(3)33)18-39-26(32)15-25(31)37-6)17-30(4,36)16-23(19)40-27(34)14-13-22-11-9-8-10-12-22;1-6(2,3)9-5(8)7-4/h8-12,23-26,28,36H,13-18H2,1-7H3;1-4H3,(H,7,8)/b20-19+;/t23-,24?,25?,26?,28?,30?,31?,32+;/m0./s1. The molecule has 12 heteroatoms. The summed E-state index contributed by atoms with van der Waals surface area (Å²) in [4.78, 5) is 50.5. The first-order valence-corrected chi connectivity index (χ1v) is 17.2. The number of alkyl carbamates (subject to hydrolysis) is 1. The highest BCUT2D eigenvalue weighted by Crippen LogP contribution is 2.58. The third kappa shape index (κ3) is 9.31. The Kier molecular flexibility index (Phi) is 13.4. The summed E-state index contributed by atoms with van der Waals surface area (Å²) < 4.78 is 34.4. The molecule has 6 unspecified atom stereocenters. The van der Waals surface area contributed by atoms with Crippen LogP contribution in [0.15, 0.2) is 41.5 Å². The van der Waals surface area contributed by atoms with E-state index in [1.807, 2.05) is 65.0 Å². The Labute approximate surface area is 296 Å². The maximum absolute atomic E-state index is 14.6. The lowest BCUT2D eigenvalue weighted by molar-refractivity contribution is -0.325. The van der Waals surface area contributed by atoms with Gasteiger partial charge in [0.25, 0.3) is 0 Å². The first-order chi connectivity index (χ1) is 23.2. The molecule has 1 saturated carbocycles. The highest BCUT2D eigenvalue weighted by molar-refractivity contribution is 5.92. The number of rotatable bonds is 7. The summed E-state index contributed by atoms with van der Waals surface area (Å²) in [5.74, 6) is -1.78. The third-order valence-corrected chi connectivity index (χ3v) is 10.2. The van der Waals surface area contributed by atoms with Gasteiger partial charge in [0.15, 0.2) is 11.4 Å². The van der Waals surface area contributed by atoms with Gasteiger partial charge in [-0.1, -0.05) is 30.3 Å². The molecule has 1 aromatic carbocycles. The Morgan fingerprint density at radius 3 is 2.14 bits per heavy atom. The van der Waals surface area contributed by atoms with Gasteiger partial charge in [0, 0.05) is 53.4 Å². The summed E-state index contributed by atoms with van der Waals surface area (Å²) in [6.07, 6.45) is -1.96. The van der Waals surface area contributed by atoms with Crippen molar-refractivity contribution in [2.75, 3.05) is 27.9 Å². The smallest absolute Gasteiger partial charge is 0.407 e. The molecule has 0 aromatic heterocycles. The van der Waals surface area contributed by atoms with Crippen molar-refractivity contribution in [1.82, 2.24) is 5.32 Å². The predicted octanol–water partition coefficient (Wildman–Crippen LogP) is 4.88. The van der Waals surface area contributed by atoms with E-state index in [0.29, 0.717) is 24.0 Å². The Balaban J connectivity index is 0.000000661. The second-order valence-corrected chi connectivity index (χ2v) is 15.1. The second kappa shape index (κ2) is 16.4. The molecule has 1 amide bonds. The number of esters is 2. The molecule has 1 saturated heterocycles. The van der Waals surface area contributed by atoms with Crippen LogP contribution in [-0.2, 0) is 49.2 Å². The van der Waals surface area contributed by atoms with Gasteiger partial charge in [-0.2, -0.15) is 0 Å². The van der Waals surface area contributed by atoms with Gasteiger partial charge >= 0.3 is 18.0 Å². The van der Waals surface area contributed by atoms with E-state index < -0.39 is 58.9 Å². The average Bonchev–Trinajstić information content (AvgIpc) is 3.03. The monoisotopic (exact) mass is 703 g/mol. The van der Waals surface area contributed by atoms with Crippen LogP contribution in [0.3, 0.4) is 0 Å². The number of nitrogens with one attached hydrogen (secondary N) is 1. The van der Waals surface area contributed by atoms with Gasteiger partial charge in [0.1, 0.15) is 23.9 Å². The largest absolute Gasteiger partial charge is 0.458 e. The van der Waals surface area contributed by atoms with Gasteiger partial charge < -0.3 is 38.8 Å². The van der Waals surface area contributed by atoms with Gasteiger partial charge in [-0.25, -0.2) is 4.79 Å². The van der Waals surface area contributed by atoms with Gasteiger partial charge in [0.05, 0.1) is 23.7 Å². The summed E-state index contributed by atoms with van der Waals surface area (Å²) in [6.45, 7) is 14.0. The maximum atomic E-state index is 14.6. The Morgan fingerprint density at radius 1 is 1.02 bits per heavy atom. The number of fused-ring (bicyclic) bond motifs is 3. The highest BCUT2D eigenvalue weighted by atomic mass is 16.6. The number of aliphatic hydroxyl groups is 1. The van der Waals surface area contributed by atoms with Crippen LogP contribution in [0, 0.1) is 11.3 Å². The third-order valence-electron chi connectivity index (χ3n) is 10.2. The normalized spacial score (nSPS) is 34.0. The molecule has 0 spiro atoms. The number of carbonyl (C=O) groups is 4. The van der Waals surface area contributed by atoms with Crippen molar-refractivity contribution in [1.29, 1.82) is 0 Å². The predicted molar refractivity (Wildman–Crippen MR) is 185 cm³/mol. The van der Waals surface area contributed by atoms with Crippen LogP contribution in [0.5, 0.6) is 0 Å². The fraction of sp³-hybridized carbons (Fsp3) is 0.684. The molecule has 0 radical (unpaired) electrons. The number of Topliss-reactive ketones (excluding diaryl/α,β-unsaturated/α-hetero) is 1. The molecule has 2 N–H and O–H groups in total. The Hall–Kier alpha value is -3.32. The Morgan fingerprint density at radius 2 is 1.66 bits per heavy atom. The molecule has 280 valence electrons. The zero-order valence-electron chi connectivity index (χ0n) is 31.5. The van der Waals surface area contributed by atoms with Crippen LogP contribution in [0.2, 0.25) is 0 Å². The molecule has 2 aliphatic carbocycles. The lowest BCUT2D eigenvalue weighted by Crippen LogP contribution is -2.76. The summed E-state index contributed by atoms with van der Waals surface area (Å²) in [5, 5.41) is 14.3. The van der Waals surface area contributed by atoms with Crippen molar-refractivity contribution in [2.45, 2.75) is 129 Å². The molecule has 8 atom stereocenters. The quantitative estimate of drug-likeness (QED) is 0.227. The van der Waals surface area contributed by atoms with Gasteiger partial charge in [-0.05, 0) is 78.0 Å². The van der Waals surface area contributed by atoms with Crippen molar-refractivity contribution >= 4 is 23.8 Å². The number of benzene rings is 1. The van der Waals surface area contributed by atoms with E-state index in [2.05, 4.69) is 5.32 Å². The number of hydrogen-bond donors (Lipinski definition) is 2. The molecule has 4 rings (SSSR count). The number of aryl methyl sites for hydroxylation is 1. The molecule has 50 heavy (non-hydrogen) atoms. The number of hydrogen-bond acceptors (Lipinski definition) is 11. The lowest BCUT2D eigenvalue weighted by atomic mass is 9.51. The zero-order valence-corrected chi connectivity index (χ0v) is 31.5. The molecule has 3 aliphatic rings. The molecule has 1 aromatic rings. The van der Waals surface area contributed by atoms with E-state index in [9.17, 15) is 24.3 Å². The molecule has 2 fully saturated rings. The second-order valence-electron chi connectivity index (χ2n) is 15.1. The molecule has 1 heterocycles. The fourth-order valence-corrected chi connectivity index (χ4v) is 7.49. The Bertz CT molecular complexity index is 1400. The van der Waals surface area contributed by atoms with Crippen molar-refractivity contribution in [2.24, 2.45) is 11.3 Å². The van der Waals surface area contributed by atoms with Gasteiger partial charge in [0.2, 0.25) is 0 Å². The van der Waals surface area contributed by atoms with Crippen LogP contribution in [0.4, 0.5) is 4.79 Å². The SMILES string of the molecule is CNC(=O)OC(C)(C)C.COC1C(=O)C2(C)C(OC)CC3OC[C@@]3(OC(C)=O)C2CC(C)(O)C[C@H](OC(=O)CCc2ccccc2)/C(C)=C/1C. The number of amides is 1. The van der Waals surface area contributed by atoms with Crippen molar-refractivity contribution < 1.29 is 52.7 Å². The summed E-state index contributed by atoms with van der Waals surface area (Å²) in [5.41, 5.74) is -1.80. The van der Waals surface area contributed by atoms with E-state index in [1.165, 1.54) is 21.1 Å². The molecule has 1 aliphatic heterocycles. The van der Waals surface area contributed by atoms with E-state index >= 15 is 0 Å². The first kappa shape index (κ1) is 41.1. The van der Waals surface area contributed by atoms with Crippen molar-refractivity contribution in [3.8, 4) is 0 Å². The lowest BCUT2D eigenvalue weighted by Gasteiger charge is -2.63. The number of carbonyl (C=O) groups excluding carboxylic acids is 4. The zero-order chi connectivity index (χ0) is 37.7. The van der Waals surface area contributed by atoms with E-state index in [1.54, 1.807) is 21.0 Å². The van der Waals surface area contributed by atoms with E-state index in [0.717, 1.165) is 5.56 Å². The molecule has 12 nitrogen and oxygen atoms in total. The van der Waals surface area contributed by atoms with Crippen LogP contribution in [-0.4, -0.2) is 98.0 Å². The maximum Gasteiger partial charge on any atom is 0.407 e. The van der Waals surface area contributed by atoms with Crippen molar-refractivity contribution in [3.63, 3.8) is 0 Å². The van der Waals surface area contributed by atoms with Crippen LogP contribution in [0.1, 0.15) is 86.6 Å². The minimum Gasteiger partial charge on any atom is -0.458 e. The van der Waals surface area contributed by atoms with E-state index in [-0.39, 0.29) is 43.3 Å². The minimum absolute atomic E-state index is 0.0864. The van der Waals surface area contributed by atoms with Gasteiger partial charge in [-0.15, -0.1) is 0 Å². The summed E-state index contributed by atoms with van der Waals surface area (Å²) >= 11 is 0. The minimum atomic E-state index is -1.40. The summed E-state index contributed by atoms with van der Waals surface area (Å²) in [7, 11) is 4.56. The fourth-order valence-electron chi connectivity index (χ4n) is 7.49. The van der Waals surface area contributed by atoms with Gasteiger partial charge in [-0.3, -0.25) is 14.4 Å². The van der Waals surface area contributed by atoms with E-state index in [4.69, 9.17) is 28.4 Å². The molecular formula is C38H57NO11. The summed E-state index contributed by atoms with van der Waals surface area (Å²) in [6, 6.07) is 9.67.